The maximum atomic E-state index is 13.4. The molecular weight excluding hydrogens is 671 g/mol. The molecule has 268 valence electrons. The molecule has 1 aromatic heterocycles. The maximum absolute atomic E-state index is 13.4. The van der Waals surface area contributed by atoms with E-state index in [4.69, 9.17) is 5.21 Å². The number of carboxylic acids is 1. The van der Waals surface area contributed by atoms with Gasteiger partial charge in [0.1, 0.15) is 5.54 Å². The van der Waals surface area contributed by atoms with Crippen molar-refractivity contribution in [3.8, 4) is 22.5 Å². The van der Waals surface area contributed by atoms with E-state index in [-0.39, 0.29) is 17.4 Å². The molecule has 0 aliphatic carbocycles. The lowest BCUT2D eigenvalue weighted by Gasteiger charge is -2.36. The van der Waals surface area contributed by atoms with E-state index >= 15 is 0 Å². The van der Waals surface area contributed by atoms with Crippen LogP contribution in [0.2, 0.25) is 0 Å². The SMILES string of the molecule is CCCC(Cc1ccccc1C(=O)O)C(=O)NCc1ccc(-c2ccccc2-c2nnnn2C(c2ccccc2)(c2ccccc2)c2ccccc2)cc1. The van der Waals surface area contributed by atoms with E-state index in [0.29, 0.717) is 30.8 Å². The average molecular weight is 712 g/mol. The van der Waals surface area contributed by atoms with Crippen LogP contribution in [0, 0.1) is 5.92 Å². The van der Waals surface area contributed by atoms with Crippen molar-refractivity contribution in [2.75, 3.05) is 0 Å². The summed E-state index contributed by atoms with van der Waals surface area (Å²) in [5.41, 5.74) is 6.85. The summed E-state index contributed by atoms with van der Waals surface area (Å²) in [7, 11) is 0. The van der Waals surface area contributed by atoms with Crippen molar-refractivity contribution in [3.05, 3.63) is 197 Å². The predicted octanol–water partition coefficient (Wildman–Crippen LogP) is 8.82. The molecule has 1 heterocycles. The third kappa shape index (κ3) is 7.19. The molecule has 54 heavy (non-hydrogen) atoms. The second-order valence-corrected chi connectivity index (χ2v) is 13.3. The lowest BCUT2D eigenvalue weighted by Crippen LogP contribution is -2.39. The fraction of sp³-hybridized carbons (Fsp3) is 0.152. The topological polar surface area (TPSA) is 110 Å². The van der Waals surface area contributed by atoms with Crippen LogP contribution >= 0.6 is 0 Å². The normalized spacial score (nSPS) is 11.9. The van der Waals surface area contributed by atoms with Crippen molar-refractivity contribution in [3.63, 3.8) is 0 Å². The summed E-state index contributed by atoms with van der Waals surface area (Å²) in [5.74, 6) is -0.785. The van der Waals surface area contributed by atoms with E-state index in [0.717, 1.165) is 45.4 Å². The van der Waals surface area contributed by atoms with Crippen molar-refractivity contribution >= 4 is 11.9 Å². The summed E-state index contributed by atoms with van der Waals surface area (Å²) < 4.78 is 1.94. The molecule has 8 heteroatoms. The molecule has 0 spiro atoms. The first kappa shape index (κ1) is 35.7. The van der Waals surface area contributed by atoms with Gasteiger partial charge in [-0.05, 0) is 68.3 Å². The molecule has 0 saturated carbocycles. The number of hydrogen-bond acceptors (Lipinski definition) is 5. The molecule has 0 bridgehead atoms. The highest BCUT2D eigenvalue weighted by Crippen LogP contribution is 2.43. The Kier molecular flexibility index (Phi) is 10.8. The third-order valence-electron chi connectivity index (χ3n) is 9.98. The van der Waals surface area contributed by atoms with Crippen LogP contribution in [0.25, 0.3) is 22.5 Å². The minimum Gasteiger partial charge on any atom is -0.478 e. The first-order valence-electron chi connectivity index (χ1n) is 18.2. The molecule has 7 rings (SSSR count). The number of benzene rings is 6. The van der Waals surface area contributed by atoms with Crippen LogP contribution in [0.1, 0.15) is 57.9 Å². The zero-order chi connectivity index (χ0) is 37.3. The minimum absolute atomic E-state index is 0.0861. The summed E-state index contributed by atoms with van der Waals surface area (Å²) in [4.78, 5) is 25.2. The molecule has 0 radical (unpaired) electrons. The first-order chi connectivity index (χ1) is 26.5. The highest BCUT2D eigenvalue weighted by molar-refractivity contribution is 5.90. The Hall–Kier alpha value is -6.67. The number of nitrogens with one attached hydrogen (secondary N) is 1. The van der Waals surface area contributed by atoms with Gasteiger partial charge in [0, 0.05) is 18.0 Å². The zero-order valence-electron chi connectivity index (χ0n) is 30.0. The number of carbonyl (C=O) groups excluding carboxylic acids is 1. The molecule has 7 aromatic rings. The Bertz CT molecular complexity index is 2230. The van der Waals surface area contributed by atoms with Crippen molar-refractivity contribution in [1.29, 1.82) is 0 Å². The molecule has 6 aromatic carbocycles. The van der Waals surface area contributed by atoms with Crippen molar-refractivity contribution in [1.82, 2.24) is 25.5 Å². The second-order valence-electron chi connectivity index (χ2n) is 13.3. The Labute approximate surface area is 315 Å². The van der Waals surface area contributed by atoms with Crippen molar-refractivity contribution in [2.45, 2.75) is 38.3 Å². The average Bonchev–Trinajstić information content (AvgIpc) is 3.72. The van der Waals surface area contributed by atoms with Gasteiger partial charge in [-0.2, -0.15) is 0 Å². The summed E-state index contributed by atoms with van der Waals surface area (Å²) in [6, 6.07) is 54.2. The standard InChI is InChI=1S/C46H41N5O3/c1-2-16-36(31-35-17-12-13-25-41(35)45(53)54)44(52)47-32-33-27-29-34(30-28-33)40-24-14-15-26-42(40)43-48-49-50-51(43)46(37-18-6-3-7-19-37,38-20-8-4-9-21-38)39-22-10-5-11-23-39/h3-15,17-30,36H,2,16,31-32H2,1H3,(H,47,52)(H,53,54). The molecule has 8 nitrogen and oxygen atoms in total. The molecular formula is C46H41N5O3. The van der Waals surface area contributed by atoms with Gasteiger partial charge in [0.15, 0.2) is 5.82 Å². The fourth-order valence-corrected chi connectivity index (χ4v) is 7.40. The molecule has 2 N–H and O–H groups in total. The highest BCUT2D eigenvalue weighted by atomic mass is 16.4. The lowest BCUT2D eigenvalue weighted by molar-refractivity contribution is -0.125. The second kappa shape index (κ2) is 16.3. The number of carbonyl (C=O) groups is 2. The Morgan fingerprint density at radius 3 is 1.80 bits per heavy atom. The van der Waals surface area contributed by atoms with Crippen LogP contribution in [0.5, 0.6) is 0 Å². The lowest BCUT2D eigenvalue weighted by atomic mass is 9.77. The van der Waals surface area contributed by atoms with Gasteiger partial charge in [-0.15, -0.1) is 5.10 Å². The zero-order valence-corrected chi connectivity index (χ0v) is 30.0. The number of carboxylic acid groups (broad SMARTS) is 1. The van der Waals surface area contributed by atoms with E-state index in [2.05, 4.69) is 70.2 Å². The third-order valence-corrected chi connectivity index (χ3v) is 9.98. The number of rotatable bonds is 14. The van der Waals surface area contributed by atoms with Gasteiger partial charge < -0.3 is 10.4 Å². The molecule has 0 aliphatic rings. The highest BCUT2D eigenvalue weighted by Gasteiger charge is 2.42. The van der Waals surface area contributed by atoms with E-state index in [1.165, 1.54) is 0 Å². The van der Waals surface area contributed by atoms with Crippen LogP contribution in [0.4, 0.5) is 0 Å². The van der Waals surface area contributed by atoms with Crippen molar-refractivity contribution in [2.24, 2.45) is 5.92 Å². The summed E-state index contributed by atoms with van der Waals surface area (Å²) in [5, 5.41) is 26.5. The number of amides is 1. The number of aromatic nitrogens is 4. The Morgan fingerprint density at radius 1 is 0.685 bits per heavy atom. The first-order valence-corrected chi connectivity index (χ1v) is 18.2. The van der Waals surface area contributed by atoms with E-state index in [1.807, 2.05) is 103 Å². The van der Waals surface area contributed by atoms with Gasteiger partial charge in [-0.3, -0.25) is 4.79 Å². The van der Waals surface area contributed by atoms with Gasteiger partial charge >= 0.3 is 5.97 Å². The molecule has 0 aliphatic heterocycles. The van der Waals surface area contributed by atoms with Crippen LogP contribution in [0.15, 0.2) is 164 Å². The van der Waals surface area contributed by atoms with E-state index in [9.17, 15) is 14.7 Å². The monoisotopic (exact) mass is 711 g/mol. The quantitative estimate of drug-likeness (QED) is 0.109. The Balaban J connectivity index is 1.20. The molecule has 1 amide bonds. The van der Waals surface area contributed by atoms with Crippen LogP contribution in [-0.2, 0) is 23.3 Å². The number of aromatic carboxylic acids is 1. The molecule has 0 saturated heterocycles. The van der Waals surface area contributed by atoms with Gasteiger partial charge in [0.05, 0.1) is 5.56 Å². The molecule has 0 fully saturated rings. The van der Waals surface area contributed by atoms with Gasteiger partial charge in [0.25, 0.3) is 0 Å². The fourth-order valence-electron chi connectivity index (χ4n) is 7.40. The van der Waals surface area contributed by atoms with E-state index < -0.39 is 11.5 Å². The van der Waals surface area contributed by atoms with Crippen LogP contribution < -0.4 is 5.32 Å². The van der Waals surface area contributed by atoms with Gasteiger partial charge in [-0.25, -0.2) is 9.48 Å². The van der Waals surface area contributed by atoms with Crippen LogP contribution in [-0.4, -0.2) is 37.2 Å². The van der Waals surface area contributed by atoms with Gasteiger partial charge in [-0.1, -0.05) is 171 Å². The summed E-state index contributed by atoms with van der Waals surface area (Å²) >= 11 is 0. The Morgan fingerprint density at radius 2 is 1.22 bits per heavy atom. The van der Waals surface area contributed by atoms with Crippen LogP contribution in [0.3, 0.4) is 0 Å². The van der Waals surface area contributed by atoms with E-state index in [1.54, 1.807) is 18.2 Å². The summed E-state index contributed by atoms with van der Waals surface area (Å²) in [6.45, 7) is 2.39. The maximum Gasteiger partial charge on any atom is 0.335 e. The number of hydrogen-bond donors (Lipinski definition) is 2. The largest absolute Gasteiger partial charge is 0.478 e. The van der Waals surface area contributed by atoms with Crippen molar-refractivity contribution < 1.29 is 14.7 Å². The summed E-state index contributed by atoms with van der Waals surface area (Å²) in [6.07, 6.45) is 1.85. The smallest absolute Gasteiger partial charge is 0.335 e. The van der Waals surface area contributed by atoms with Gasteiger partial charge in [0.2, 0.25) is 5.91 Å². The predicted molar refractivity (Wildman–Crippen MR) is 211 cm³/mol. The number of nitrogens with zero attached hydrogens (tertiary/aromatic N) is 4. The number of tetrazole rings is 1. The minimum atomic E-state index is -0.984. The molecule has 1 unspecified atom stereocenters. The molecule has 1 atom stereocenters.